The van der Waals surface area contributed by atoms with E-state index < -0.39 is 21.9 Å². The lowest BCUT2D eigenvalue weighted by molar-refractivity contribution is 0.484. The predicted molar refractivity (Wildman–Crippen MR) is 130 cm³/mol. The maximum Gasteiger partial charge on any atom is 0.306 e. The van der Waals surface area contributed by atoms with Crippen LogP contribution in [0.3, 0.4) is 0 Å². The van der Waals surface area contributed by atoms with Gasteiger partial charge in [-0.1, -0.05) is 79.7 Å². The number of nitrogens with one attached hydrogen (secondary N) is 1. The summed E-state index contributed by atoms with van der Waals surface area (Å²) >= 11 is 4.69. The van der Waals surface area contributed by atoms with Crippen molar-refractivity contribution in [1.82, 2.24) is 5.09 Å². The highest BCUT2D eigenvalue weighted by Gasteiger charge is 2.43. The largest absolute Gasteiger partial charge is 0.306 e. The minimum atomic E-state index is -3.75. The van der Waals surface area contributed by atoms with Gasteiger partial charge in [0.1, 0.15) is 0 Å². The summed E-state index contributed by atoms with van der Waals surface area (Å²) in [6.07, 6.45) is 8.46. The van der Waals surface area contributed by atoms with E-state index in [4.69, 9.17) is 0 Å². The van der Waals surface area contributed by atoms with Crippen LogP contribution in [0.4, 0.5) is 5.69 Å². The second kappa shape index (κ2) is 12.1. The van der Waals surface area contributed by atoms with Crippen LogP contribution in [-0.2, 0) is 14.6 Å². The Kier molecular flexibility index (Phi) is 10.6. The van der Waals surface area contributed by atoms with Gasteiger partial charge >= 0.3 is 6.65 Å². The second-order valence-corrected chi connectivity index (χ2v) is 15.4. The molecule has 0 heterocycles. The van der Waals surface area contributed by atoms with E-state index in [1.54, 1.807) is 24.3 Å². The average Bonchev–Trinajstić information content (AvgIpc) is 2.70. The van der Waals surface area contributed by atoms with E-state index in [-0.39, 0.29) is 0 Å². The summed E-state index contributed by atoms with van der Waals surface area (Å²) in [6.45, 7) is 1.07. The molecule has 1 saturated carbocycles. The molecule has 0 radical (unpaired) electrons. The Morgan fingerprint density at radius 3 is 2.34 bits per heavy atom. The monoisotopic (exact) mass is 524 g/mol. The van der Waals surface area contributed by atoms with Crippen molar-refractivity contribution in [2.45, 2.75) is 76.9 Å². The van der Waals surface area contributed by atoms with Gasteiger partial charge in [-0.25, -0.2) is 13.5 Å². The van der Waals surface area contributed by atoms with Crippen molar-refractivity contribution in [1.29, 1.82) is 0 Å². The number of hydrogen-bond donors (Lipinski definition) is 1. The number of sulfonamides is 1. The van der Waals surface area contributed by atoms with E-state index in [0.717, 1.165) is 49.4 Å². The standard InChI is InChI=1S/C20H34BrN2O3PS2/c1-3-5-6-10-17-28-27(24,22-4-2)23(19-15-13-18(21)14-16-19)29(25,26)20-11-8-7-9-12-20/h13-16,20H,3-12,17H2,1-2H3,(H,22,24). The van der Waals surface area contributed by atoms with Crippen LogP contribution in [0.5, 0.6) is 0 Å². The summed E-state index contributed by atoms with van der Waals surface area (Å²) in [5.41, 5.74) is 0.476. The molecular weight excluding hydrogens is 491 g/mol. The number of rotatable bonds is 12. The molecule has 1 aromatic rings. The molecule has 0 bridgehead atoms. The molecule has 29 heavy (non-hydrogen) atoms. The second-order valence-electron chi connectivity index (χ2n) is 7.45. The Morgan fingerprint density at radius 1 is 1.10 bits per heavy atom. The van der Waals surface area contributed by atoms with Gasteiger partial charge in [-0.2, -0.15) is 4.08 Å². The van der Waals surface area contributed by atoms with Crippen LogP contribution in [0.25, 0.3) is 0 Å². The lowest BCUT2D eigenvalue weighted by Gasteiger charge is -2.36. The normalized spacial score (nSPS) is 17.8. The zero-order valence-corrected chi connectivity index (χ0v) is 21.6. The van der Waals surface area contributed by atoms with Crippen LogP contribution in [0.2, 0.25) is 0 Å². The summed E-state index contributed by atoms with van der Waals surface area (Å²) in [4.78, 5) is 0. The molecule has 0 aliphatic heterocycles. The van der Waals surface area contributed by atoms with Crippen molar-refractivity contribution in [3.05, 3.63) is 28.7 Å². The Labute approximate surface area is 189 Å². The van der Waals surface area contributed by atoms with E-state index in [0.29, 0.717) is 30.8 Å². The molecular formula is C20H34BrN2O3PS2. The van der Waals surface area contributed by atoms with Crippen LogP contribution in [-0.4, -0.2) is 26.0 Å². The SMILES string of the molecule is CCCCCCSP(=O)(NCC)N(c1ccc(Br)cc1)S(=O)(=O)C1CCCCC1. The molecule has 9 heteroatoms. The van der Waals surface area contributed by atoms with Crippen LogP contribution >= 0.6 is 34.0 Å². The highest BCUT2D eigenvalue weighted by Crippen LogP contribution is 2.61. The van der Waals surface area contributed by atoms with Crippen LogP contribution in [0.15, 0.2) is 28.7 Å². The number of benzene rings is 1. The van der Waals surface area contributed by atoms with Crippen molar-refractivity contribution in [3.63, 3.8) is 0 Å². The van der Waals surface area contributed by atoms with Gasteiger partial charge in [-0.05, 0) is 43.5 Å². The van der Waals surface area contributed by atoms with Crippen LogP contribution in [0, 0.1) is 0 Å². The minimum Gasteiger partial charge on any atom is -0.269 e. The smallest absolute Gasteiger partial charge is 0.269 e. The van der Waals surface area contributed by atoms with Gasteiger partial charge in [0.05, 0.1) is 10.9 Å². The summed E-state index contributed by atoms with van der Waals surface area (Å²) in [6, 6.07) is 7.10. The molecule has 2 rings (SSSR count). The Hall–Kier alpha value is -0.0100. The van der Waals surface area contributed by atoms with E-state index in [1.807, 2.05) is 6.92 Å². The van der Waals surface area contributed by atoms with Gasteiger partial charge in [0, 0.05) is 16.8 Å². The number of unbranched alkanes of at least 4 members (excludes halogenated alkanes) is 3. The van der Waals surface area contributed by atoms with Crippen molar-refractivity contribution in [2.24, 2.45) is 0 Å². The first kappa shape index (κ1) is 25.3. The fraction of sp³-hybridized carbons (Fsp3) is 0.700. The zero-order chi connectivity index (χ0) is 21.3. The Morgan fingerprint density at radius 2 is 1.76 bits per heavy atom. The zero-order valence-electron chi connectivity index (χ0n) is 17.5. The third-order valence-corrected chi connectivity index (χ3v) is 14.1. The van der Waals surface area contributed by atoms with E-state index in [9.17, 15) is 13.0 Å². The van der Waals surface area contributed by atoms with Gasteiger partial charge in [0.15, 0.2) is 0 Å². The maximum atomic E-state index is 14.1. The number of anilines is 1. The Balaban J connectivity index is 2.39. The Bertz CT molecular complexity index is 768. The van der Waals surface area contributed by atoms with Gasteiger partial charge in [-0.15, -0.1) is 0 Å². The first-order chi connectivity index (χ1) is 13.8. The third-order valence-electron chi connectivity index (χ3n) is 5.12. The molecule has 1 fully saturated rings. The van der Waals surface area contributed by atoms with Gasteiger partial charge in [0.2, 0.25) is 10.0 Å². The first-order valence-corrected chi connectivity index (χ1v) is 16.2. The van der Waals surface area contributed by atoms with Crippen LogP contribution < -0.4 is 9.16 Å². The molecule has 0 saturated heterocycles. The quantitative estimate of drug-likeness (QED) is 0.236. The van der Waals surface area contributed by atoms with Crippen molar-refractivity contribution < 1.29 is 13.0 Å². The lowest BCUT2D eigenvalue weighted by atomic mass is 10.0. The molecule has 0 amide bonds. The molecule has 1 aliphatic carbocycles. The molecule has 0 spiro atoms. The van der Waals surface area contributed by atoms with Gasteiger partial charge < -0.3 is 0 Å². The number of nitrogens with zero attached hydrogens (tertiary/aromatic N) is 1. The first-order valence-electron chi connectivity index (χ1n) is 10.6. The fourth-order valence-corrected chi connectivity index (χ4v) is 12.7. The molecule has 0 aromatic heterocycles. The van der Waals surface area contributed by atoms with Gasteiger partial charge in [0.25, 0.3) is 0 Å². The maximum absolute atomic E-state index is 14.1. The average molecular weight is 526 g/mol. The summed E-state index contributed by atoms with van der Waals surface area (Å²) in [7, 11) is -3.75. The summed E-state index contributed by atoms with van der Waals surface area (Å²) in [5.74, 6) is 0.678. The number of hydrogen-bond acceptors (Lipinski definition) is 4. The van der Waals surface area contributed by atoms with E-state index in [1.165, 1.54) is 15.5 Å². The van der Waals surface area contributed by atoms with Crippen molar-refractivity contribution in [2.75, 3.05) is 16.4 Å². The minimum absolute atomic E-state index is 0.451. The predicted octanol–water partition coefficient (Wildman–Crippen LogP) is 6.95. The molecule has 1 atom stereocenters. The van der Waals surface area contributed by atoms with Crippen LogP contribution in [0.1, 0.15) is 71.6 Å². The van der Waals surface area contributed by atoms with E-state index >= 15 is 0 Å². The lowest BCUT2D eigenvalue weighted by Crippen LogP contribution is -2.40. The van der Waals surface area contributed by atoms with Crippen molar-refractivity contribution in [3.8, 4) is 0 Å². The topological polar surface area (TPSA) is 66.5 Å². The highest BCUT2D eigenvalue weighted by atomic mass is 79.9. The molecule has 5 nitrogen and oxygen atoms in total. The van der Waals surface area contributed by atoms with E-state index in [2.05, 4.69) is 27.9 Å². The molecule has 1 unspecified atom stereocenters. The number of halogens is 1. The van der Waals surface area contributed by atoms with Crippen molar-refractivity contribution >= 4 is 49.7 Å². The molecule has 1 aromatic carbocycles. The molecule has 1 aliphatic rings. The summed E-state index contributed by atoms with van der Waals surface area (Å²) in [5, 5.41) is 2.60. The third kappa shape index (κ3) is 6.99. The van der Waals surface area contributed by atoms with Gasteiger partial charge in [-0.3, -0.25) is 4.57 Å². The summed E-state index contributed by atoms with van der Waals surface area (Å²) < 4.78 is 43.6. The molecule has 1 N–H and O–H groups in total. The molecule has 166 valence electrons. The fourth-order valence-electron chi connectivity index (χ4n) is 3.60. The highest BCUT2D eigenvalue weighted by molar-refractivity contribution is 9.10.